The van der Waals surface area contributed by atoms with Crippen LogP contribution >= 0.6 is 11.3 Å². The van der Waals surface area contributed by atoms with E-state index in [4.69, 9.17) is 0 Å². The van der Waals surface area contributed by atoms with Gasteiger partial charge in [0.1, 0.15) is 0 Å². The molecular formula is C19H13F3O2S. The summed E-state index contributed by atoms with van der Waals surface area (Å²) in [4.78, 5) is 24.3. The Bertz CT molecular complexity index is 924. The van der Waals surface area contributed by atoms with Gasteiger partial charge in [-0.25, -0.2) is 0 Å². The van der Waals surface area contributed by atoms with Gasteiger partial charge in [-0.1, -0.05) is 12.1 Å². The number of carbonyl (C=O) groups is 2. The molecule has 0 unspecified atom stereocenters. The number of thiophene rings is 1. The predicted octanol–water partition coefficient (Wildman–Crippen LogP) is 5.77. The third-order valence-corrected chi connectivity index (χ3v) is 4.79. The minimum atomic E-state index is -4.43. The fourth-order valence-electron chi connectivity index (χ4n) is 2.50. The van der Waals surface area contributed by atoms with Crippen LogP contribution in [0.4, 0.5) is 13.2 Å². The van der Waals surface area contributed by atoms with Gasteiger partial charge < -0.3 is 0 Å². The molecule has 2 nitrogen and oxygen atoms in total. The van der Waals surface area contributed by atoms with E-state index in [-0.39, 0.29) is 30.0 Å². The number of rotatable bonds is 5. The number of hydrogen-bond acceptors (Lipinski definition) is 3. The van der Waals surface area contributed by atoms with E-state index in [1.165, 1.54) is 0 Å². The predicted molar refractivity (Wildman–Crippen MR) is 91.2 cm³/mol. The maximum Gasteiger partial charge on any atom is 0.416 e. The van der Waals surface area contributed by atoms with Crippen molar-refractivity contribution >= 4 is 33.0 Å². The van der Waals surface area contributed by atoms with Crippen molar-refractivity contribution in [3.63, 3.8) is 0 Å². The molecule has 0 saturated heterocycles. The highest BCUT2D eigenvalue weighted by Crippen LogP contribution is 2.29. The van der Waals surface area contributed by atoms with Crippen LogP contribution < -0.4 is 0 Å². The van der Waals surface area contributed by atoms with Crippen molar-refractivity contribution in [1.29, 1.82) is 0 Å². The molecule has 1 aromatic heterocycles. The van der Waals surface area contributed by atoms with Gasteiger partial charge >= 0.3 is 6.18 Å². The van der Waals surface area contributed by atoms with Gasteiger partial charge in [-0.05, 0) is 47.2 Å². The Labute approximate surface area is 145 Å². The quantitative estimate of drug-likeness (QED) is 0.540. The summed E-state index contributed by atoms with van der Waals surface area (Å²) in [6.45, 7) is 0. The molecule has 128 valence electrons. The average Bonchev–Trinajstić information content (AvgIpc) is 3.06. The van der Waals surface area contributed by atoms with Crippen LogP contribution in [-0.4, -0.2) is 11.6 Å². The van der Waals surface area contributed by atoms with E-state index in [2.05, 4.69) is 0 Å². The number of fused-ring (bicyclic) bond motifs is 1. The molecule has 0 saturated carbocycles. The van der Waals surface area contributed by atoms with Gasteiger partial charge in [0, 0.05) is 28.7 Å². The van der Waals surface area contributed by atoms with Crippen LogP contribution in [0, 0.1) is 0 Å². The topological polar surface area (TPSA) is 34.1 Å². The Hall–Kier alpha value is -2.47. The molecule has 0 aliphatic heterocycles. The van der Waals surface area contributed by atoms with Crippen LogP contribution in [0.2, 0.25) is 0 Å². The molecular weight excluding hydrogens is 349 g/mol. The number of benzene rings is 2. The Morgan fingerprint density at radius 1 is 0.840 bits per heavy atom. The van der Waals surface area contributed by atoms with Gasteiger partial charge in [-0.2, -0.15) is 13.2 Å². The highest BCUT2D eigenvalue weighted by atomic mass is 32.1. The zero-order valence-corrected chi connectivity index (χ0v) is 13.8. The van der Waals surface area contributed by atoms with Crippen molar-refractivity contribution in [3.05, 3.63) is 70.6 Å². The third kappa shape index (κ3) is 3.96. The summed E-state index contributed by atoms with van der Waals surface area (Å²) < 4.78 is 38.6. The summed E-state index contributed by atoms with van der Waals surface area (Å²) >= 11 is 1.58. The second kappa shape index (κ2) is 6.80. The first-order valence-electron chi connectivity index (χ1n) is 7.55. The normalized spacial score (nSPS) is 11.6. The summed E-state index contributed by atoms with van der Waals surface area (Å²) in [5.74, 6) is -0.507. The lowest BCUT2D eigenvalue weighted by molar-refractivity contribution is -0.137. The van der Waals surface area contributed by atoms with E-state index in [1.54, 1.807) is 23.5 Å². The molecule has 25 heavy (non-hydrogen) atoms. The maximum absolute atomic E-state index is 12.5. The first-order valence-corrected chi connectivity index (χ1v) is 8.43. The highest BCUT2D eigenvalue weighted by Gasteiger charge is 2.30. The van der Waals surface area contributed by atoms with Gasteiger partial charge in [0.25, 0.3) is 0 Å². The first-order chi connectivity index (χ1) is 11.8. The number of alkyl halides is 3. The first kappa shape index (κ1) is 17.4. The van der Waals surface area contributed by atoms with Gasteiger partial charge in [-0.15, -0.1) is 11.3 Å². The largest absolute Gasteiger partial charge is 0.416 e. The molecule has 0 fully saturated rings. The zero-order valence-electron chi connectivity index (χ0n) is 13.0. The Kier molecular flexibility index (Phi) is 4.72. The number of halogens is 3. The molecule has 0 aliphatic rings. The molecule has 0 N–H and O–H groups in total. The van der Waals surface area contributed by atoms with Crippen molar-refractivity contribution in [2.45, 2.75) is 19.0 Å². The van der Waals surface area contributed by atoms with E-state index < -0.39 is 11.7 Å². The van der Waals surface area contributed by atoms with Gasteiger partial charge in [0.2, 0.25) is 0 Å². The van der Waals surface area contributed by atoms with Crippen LogP contribution in [0.5, 0.6) is 0 Å². The zero-order chi connectivity index (χ0) is 18.0. The van der Waals surface area contributed by atoms with E-state index in [0.717, 1.165) is 34.4 Å². The van der Waals surface area contributed by atoms with Crippen LogP contribution in [-0.2, 0) is 6.18 Å². The number of hydrogen-bond donors (Lipinski definition) is 0. The van der Waals surface area contributed by atoms with Crippen LogP contribution in [0.3, 0.4) is 0 Å². The van der Waals surface area contributed by atoms with Crippen molar-refractivity contribution in [2.24, 2.45) is 0 Å². The minimum Gasteiger partial charge on any atom is -0.294 e. The lowest BCUT2D eigenvalue weighted by Gasteiger charge is -2.07. The molecule has 0 radical (unpaired) electrons. The molecule has 0 aliphatic carbocycles. The van der Waals surface area contributed by atoms with Gasteiger partial charge in [0.05, 0.1) is 5.56 Å². The van der Waals surface area contributed by atoms with Crippen LogP contribution in [0.15, 0.2) is 53.9 Å². The maximum atomic E-state index is 12.5. The summed E-state index contributed by atoms with van der Waals surface area (Å²) in [6.07, 6.45) is -4.45. The van der Waals surface area contributed by atoms with Crippen LogP contribution in [0.25, 0.3) is 10.1 Å². The summed E-state index contributed by atoms with van der Waals surface area (Å²) in [5.41, 5.74) is -0.0932. The smallest absolute Gasteiger partial charge is 0.294 e. The molecule has 3 rings (SSSR count). The fraction of sp³-hybridized carbons (Fsp3) is 0.158. The lowest BCUT2D eigenvalue weighted by Crippen LogP contribution is -2.07. The molecule has 0 atom stereocenters. The molecule has 0 spiro atoms. The van der Waals surface area contributed by atoms with Crippen molar-refractivity contribution < 1.29 is 22.8 Å². The lowest BCUT2D eigenvalue weighted by atomic mass is 10.00. The standard InChI is InChI=1S/C19H13F3O2S/c20-19(21,22)15-4-1-12(2-5-15)16(23)6-7-17(24)13-3-8-18-14(11-13)9-10-25-18/h1-5,8-11H,6-7H2. The Morgan fingerprint density at radius 3 is 2.08 bits per heavy atom. The molecule has 1 heterocycles. The Balaban J connectivity index is 1.64. The van der Waals surface area contributed by atoms with E-state index in [1.807, 2.05) is 17.5 Å². The van der Waals surface area contributed by atoms with Crippen molar-refractivity contribution in [1.82, 2.24) is 0 Å². The molecule has 0 amide bonds. The van der Waals surface area contributed by atoms with E-state index in [9.17, 15) is 22.8 Å². The monoisotopic (exact) mass is 362 g/mol. The molecule has 0 bridgehead atoms. The number of Topliss-reactive ketones (excluding diaryl/α,β-unsaturated/α-hetero) is 2. The third-order valence-electron chi connectivity index (χ3n) is 3.89. The van der Waals surface area contributed by atoms with E-state index in [0.29, 0.717) is 5.56 Å². The van der Waals surface area contributed by atoms with Gasteiger partial charge in [-0.3, -0.25) is 9.59 Å². The summed E-state index contributed by atoms with van der Waals surface area (Å²) in [7, 11) is 0. The fourth-order valence-corrected chi connectivity index (χ4v) is 3.27. The minimum absolute atomic E-state index is 0.0233. The second-order valence-corrected chi connectivity index (χ2v) is 6.54. The van der Waals surface area contributed by atoms with E-state index >= 15 is 0 Å². The molecule has 3 aromatic rings. The Morgan fingerprint density at radius 2 is 1.44 bits per heavy atom. The van der Waals surface area contributed by atoms with Crippen molar-refractivity contribution in [2.75, 3.05) is 0 Å². The summed E-state index contributed by atoms with van der Waals surface area (Å²) in [6, 6.07) is 11.3. The average molecular weight is 362 g/mol. The van der Waals surface area contributed by atoms with Crippen molar-refractivity contribution in [3.8, 4) is 0 Å². The molecule has 6 heteroatoms. The number of ketones is 2. The SMILES string of the molecule is O=C(CCC(=O)c1ccc2sccc2c1)c1ccc(C(F)(F)F)cc1. The van der Waals surface area contributed by atoms with Crippen LogP contribution in [0.1, 0.15) is 39.1 Å². The molecule has 2 aromatic carbocycles. The second-order valence-electron chi connectivity index (χ2n) is 5.59. The van der Waals surface area contributed by atoms with Gasteiger partial charge in [0.15, 0.2) is 11.6 Å². The number of carbonyl (C=O) groups excluding carboxylic acids is 2. The highest BCUT2D eigenvalue weighted by molar-refractivity contribution is 7.17. The summed E-state index contributed by atoms with van der Waals surface area (Å²) in [5, 5.41) is 2.91.